The predicted octanol–water partition coefficient (Wildman–Crippen LogP) is 3.91. The van der Waals surface area contributed by atoms with Crippen molar-refractivity contribution in [3.05, 3.63) is 0 Å². The smallest absolute Gasteiger partial charge is 0.0607 e. The van der Waals surface area contributed by atoms with E-state index in [1.165, 1.54) is 57.8 Å². The lowest BCUT2D eigenvalue weighted by atomic mass is 9.89. The molecule has 0 aromatic heterocycles. The van der Waals surface area contributed by atoms with Gasteiger partial charge in [-0.3, -0.25) is 0 Å². The maximum Gasteiger partial charge on any atom is 0.0607 e. The number of ether oxygens (including phenoxy) is 1. The molecule has 0 radical (unpaired) electrons. The van der Waals surface area contributed by atoms with Crippen LogP contribution in [0.3, 0.4) is 0 Å². The Labute approximate surface area is 88.2 Å². The third-order valence-corrected chi connectivity index (χ3v) is 3.88. The van der Waals surface area contributed by atoms with Crippen LogP contribution in [-0.4, -0.2) is 12.2 Å². The molecule has 1 heterocycles. The second kappa shape index (κ2) is 5.16. The van der Waals surface area contributed by atoms with Crippen LogP contribution < -0.4 is 0 Å². The van der Waals surface area contributed by atoms with E-state index in [2.05, 4.69) is 6.92 Å². The Balaban J connectivity index is 1.86. The molecule has 3 atom stereocenters. The van der Waals surface area contributed by atoms with Crippen molar-refractivity contribution in [2.45, 2.75) is 76.9 Å². The van der Waals surface area contributed by atoms with Crippen LogP contribution in [0.2, 0.25) is 0 Å². The molecular formula is C13H24O. The molecule has 0 aromatic rings. The topological polar surface area (TPSA) is 9.23 Å². The van der Waals surface area contributed by atoms with Crippen LogP contribution in [0.1, 0.15) is 64.7 Å². The average molecular weight is 196 g/mol. The fourth-order valence-electron chi connectivity index (χ4n) is 3.11. The summed E-state index contributed by atoms with van der Waals surface area (Å²) in [5, 5.41) is 0. The standard InChI is InChI=1S/C13H24O/c1-11-10-12-8-6-4-2-3-5-7-9-13(12)14-11/h11-13H,2-10H2,1H3. The van der Waals surface area contributed by atoms with Crippen LogP contribution in [0.4, 0.5) is 0 Å². The second-order valence-corrected chi connectivity index (χ2v) is 5.18. The minimum Gasteiger partial charge on any atom is -0.375 e. The van der Waals surface area contributed by atoms with E-state index in [-0.39, 0.29) is 0 Å². The summed E-state index contributed by atoms with van der Waals surface area (Å²) in [5.41, 5.74) is 0. The number of hydrogen-bond acceptors (Lipinski definition) is 1. The highest BCUT2D eigenvalue weighted by molar-refractivity contribution is 4.80. The SMILES string of the molecule is CC1CC2CCCCCCCCC2O1. The summed E-state index contributed by atoms with van der Waals surface area (Å²) in [7, 11) is 0. The highest BCUT2D eigenvalue weighted by Crippen LogP contribution is 2.34. The van der Waals surface area contributed by atoms with Crippen molar-refractivity contribution in [1.82, 2.24) is 0 Å². The molecule has 0 bridgehead atoms. The average Bonchev–Trinajstić information content (AvgIpc) is 2.52. The van der Waals surface area contributed by atoms with Crippen LogP contribution in [0, 0.1) is 5.92 Å². The molecule has 1 nitrogen and oxygen atoms in total. The lowest BCUT2D eigenvalue weighted by molar-refractivity contribution is 0.0349. The maximum atomic E-state index is 6.00. The van der Waals surface area contributed by atoms with E-state index < -0.39 is 0 Å². The van der Waals surface area contributed by atoms with Gasteiger partial charge in [0, 0.05) is 0 Å². The van der Waals surface area contributed by atoms with Gasteiger partial charge in [-0.25, -0.2) is 0 Å². The van der Waals surface area contributed by atoms with Gasteiger partial charge in [0.05, 0.1) is 12.2 Å². The van der Waals surface area contributed by atoms with Crippen LogP contribution in [0.15, 0.2) is 0 Å². The third-order valence-electron chi connectivity index (χ3n) is 3.88. The van der Waals surface area contributed by atoms with E-state index in [1.807, 2.05) is 0 Å². The summed E-state index contributed by atoms with van der Waals surface area (Å²) >= 11 is 0. The fourth-order valence-corrected chi connectivity index (χ4v) is 3.11. The van der Waals surface area contributed by atoms with Gasteiger partial charge in [0.15, 0.2) is 0 Å². The van der Waals surface area contributed by atoms with Crippen LogP contribution >= 0.6 is 0 Å². The van der Waals surface area contributed by atoms with E-state index in [0.717, 1.165) is 5.92 Å². The second-order valence-electron chi connectivity index (χ2n) is 5.18. The van der Waals surface area contributed by atoms with Crippen molar-refractivity contribution in [2.24, 2.45) is 5.92 Å². The van der Waals surface area contributed by atoms with Gasteiger partial charge in [-0.15, -0.1) is 0 Å². The normalized spacial score (nSPS) is 40.5. The molecular weight excluding hydrogens is 172 g/mol. The third kappa shape index (κ3) is 2.73. The molecule has 0 spiro atoms. The van der Waals surface area contributed by atoms with Crippen molar-refractivity contribution < 1.29 is 4.74 Å². The first-order valence-corrected chi connectivity index (χ1v) is 6.52. The molecule has 1 saturated carbocycles. The molecule has 0 N–H and O–H groups in total. The molecule has 2 fully saturated rings. The number of hydrogen-bond donors (Lipinski definition) is 0. The van der Waals surface area contributed by atoms with Crippen molar-refractivity contribution >= 4 is 0 Å². The molecule has 0 amide bonds. The van der Waals surface area contributed by atoms with E-state index in [0.29, 0.717) is 12.2 Å². The summed E-state index contributed by atoms with van der Waals surface area (Å²) in [6, 6.07) is 0. The lowest BCUT2D eigenvalue weighted by Crippen LogP contribution is -2.16. The Morgan fingerprint density at radius 1 is 0.857 bits per heavy atom. The zero-order chi connectivity index (χ0) is 9.80. The van der Waals surface area contributed by atoms with E-state index in [9.17, 15) is 0 Å². The highest BCUT2D eigenvalue weighted by atomic mass is 16.5. The largest absolute Gasteiger partial charge is 0.375 e. The molecule has 1 saturated heterocycles. The first-order valence-electron chi connectivity index (χ1n) is 6.52. The van der Waals surface area contributed by atoms with Gasteiger partial charge in [-0.05, 0) is 32.1 Å². The quantitative estimate of drug-likeness (QED) is 0.570. The molecule has 0 aromatic carbocycles. The van der Waals surface area contributed by atoms with E-state index in [1.54, 1.807) is 0 Å². The Morgan fingerprint density at radius 2 is 1.50 bits per heavy atom. The molecule has 82 valence electrons. The molecule has 2 aliphatic rings. The van der Waals surface area contributed by atoms with Gasteiger partial charge >= 0.3 is 0 Å². The van der Waals surface area contributed by atoms with Crippen LogP contribution in [-0.2, 0) is 4.74 Å². The number of rotatable bonds is 0. The molecule has 1 heteroatoms. The summed E-state index contributed by atoms with van der Waals surface area (Å²) in [4.78, 5) is 0. The fraction of sp³-hybridized carbons (Fsp3) is 1.00. The van der Waals surface area contributed by atoms with Gasteiger partial charge in [-0.2, -0.15) is 0 Å². The molecule has 1 aliphatic heterocycles. The Hall–Kier alpha value is -0.0400. The van der Waals surface area contributed by atoms with Crippen molar-refractivity contribution in [2.75, 3.05) is 0 Å². The zero-order valence-electron chi connectivity index (χ0n) is 9.50. The Kier molecular flexibility index (Phi) is 3.86. The van der Waals surface area contributed by atoms with Crippen molar-refractivity contribution in [3.8, 4) is 0 Å². The first kappa shape index (κ1) is 10.5. The Bertz CT molecular complexity index is 149. The Morgan fingerprint density at radius 3 is 2.29 bits per heavy atom. The summed E-state index contributed by atoms with van der Waals surface area (Å²) < 4.78 is 6.00. The highest BCUT2D eigenvalue weighted by Gasteiger charge is 2.31. The molecule has 14 heavy (non-hydrogen) atoms. The minimum atomic E-state index is 0.533. The zero-order valence-corrected chi connectivity index (χ0v) is 9.50. The molecule has 1 aliphatic carbocycles. The predicted molar refractivity (Wildman–Crippen MR) is 59.4 cm³/mol. The van der Waals surface area contributed by atoms with E-state index in [4.69, 9.17) is 4.74 Å². The van der Waals surface area contributed by atoms with Crippen LogP contribution in [0.25, 0.3) is 0 Å². The van der Waals surface area contributed by atoms with Crippen molar-refractivity contribution in [1.29, 1.82) is 0 Å². The summed E-state index contributed by atoms with van der Waals surface area (Å²) in [6.45, 7) is 2.24. The van der Waals surface area contributed by atoms with Gasteiger partial charge in [0.25, 0.3) is 0 Å². The number of fused-ring (bicyclic) bond motifs is 1. The van der Waals surface area contributed by atoms with Gasteiger partial charge in [-0.1, -0.05) is 38.5 Å². The summed E-state index contributed by atoms with van der Waals surface area (Å²) in [5.74, 6) is 0.892. The first-order chi connectivity index (χ1) is 6.86. The lowest BCUT2D eigenvalue weighted by Gasteiger charge is -2.19. The van der Waals surface area contributed by atoms with Gasteiger partial charge in [0.2, 0.25) is 0 Å². The van der Waals surface area contributed by atoms with E-state index >= 15 is 0 Å². The summed E-state index contributed by atoms with van der Waals surface area (Å²) in [6.07, 6.45) is 13.9. The molecule has 2 rings (SSSR count). The maximum absolute atomic E-state index is 6.00. The van der Waals surface area contributed by atoms with Gasteiger partial charge in [0.1, 0.15) is 0 Å². The monoisotopic (exact) mass is 196 g/mol. The van der Waals surface area contributed by atoms with Crippen LogP contribution in [0.5, 0.6) is 0 Å². The minimum absolute atomic E-state index is 0.533. The van der Waals surface area contributed by atoms with Gasteiger partial charge < -0.3 is 4.74 Å². The molecule has 3 unspecified atom stereocenters. The van der Waals surface area contributed by atoms with Crippen molar-refractivity contribution in [3.63, 3.8) is 0 Å².